The van der Waals surface area contributed by atoms with Crippen LogP contribution in [0.5, 0.6) is 0 Å². The van der Waals surface area contributed by atoms with Gasteiger partial charge < -0.3 is 0 Å². The number of alkyl halides is 3. The Morgan fingerprint density at radius 2 is 1.41 bits per heavy atom. The Kier molecular flexibility index (Phi) is 5.10. The third kappa shape index (κ3) is 3.82. The van der Waals surface area contributed by atoms with Gasteiger partial charge in [-0.3, -0.25) is 0 Å². The van der Waals surface area contributed by atoms with Crippen molar-refractivity contribution in [2.45, 2.75) is 17.3 Å². The lowest BCUT2D eigenvalue weighted by Crippen LogP contribution is -2.03. The summed E-state index contributed by atoms with van der Waals surface area (Å²) >= 11 is -0.134. The highest BCUT2D eigenvalue weighted by Crippen LogP contribution is 2.43. The van der Waals surface area contributed by atoms with Crippen LogP contribution in [0.3, 0.4) is 0 Å². The second-order valence-corrected chi connectivity index (χ2v) is 8.54. The van der Waals surface area contributed by atoms with Crippen molar-refractivity contribution in [1.29, 1.82) is 0 Å². The van der Waals surface area contributed by atoms with E-state index in [1.807, 2.05) is 66.7 Å². The zero-order chi connectivity index (χ0) is 22.3. The van der Waals surface area contributed by atoms with Gasteiger partial charge in [0.15, 0.2) is 5.82 Å². The van der Waals surface area contributed by atoms with Crippen LogP contribution < -0.4 is 0 Å². The molecule has 0 amide bonds. The number of aromatic nitrogens is 2. The fourth-order valence-electron chi connectivity index (χ4n) is 3.96. The molecule has 0 fully saturated rings. The first-order valence-corrected chi connectivity index (χ1v) is 10.8. The predicted octanol–water partition coefficient (Wildman–Crippen LogP) is 8.04. The van der Waals surface area contributed by atoms with Crippen molar-refractivity contribution in [1.82, 2.24) is 9.97 Å². The van der Waals surface area contributed by atoms with Gasteiger partial charge in [-0.15, -0.1) is 0 Å². The van der Waals surface area contributed by atoms with Gasteiger partial charge in [-0.2, -0.15) is 13.2 Å². The Balaban J connectivity index is 1.82. The molecule has 5 aromatic rings. The molecule has 0 saturated heterocycles. The summed E-state index contributed by atoms with van der Waals surface area (Å²) in [5.41, 5.74) is -1.00. The van der Waals surface area contributed by atoms with Crippen LogP contribution in [-0.4, -0.2) is 15.5 Å². The molecule has 158 valence electrons. The molecule has 0 bridgehead atoms. The van der Waals surface area contributed by atoms with E-state index in [4.69, 9.17) is 4.98 Å². The molecule has 0 aliphatic heterocycles. The Labute approximate surface area is 187 Å². The fraction of sp³-hybridized carbons (Fsp3) is 0.0769. The minimum Gasteiger partial charge on any atom is -0.228 e. The van der Waals surface area contributed by atoms with Crippen LogP contribution in [0.15, 0.2) is 89.8 Å². The minimum absolute atomic E-state index is 0.0941. The molecule has 6 heteroatoms. The highest BCUT2D eigenvalue weighted by Gasteiger charge is 2.31. The van der Waals surface area contributed by atoms with E-state index in [9.17, 15) is 13.2 Å². The van der Waals surface area contributed by atoms with Gasteiger partial charge in [0.05, 0.1) is 11.2 Å². The lowest BCUT2D eigenvalue weighted by atomic mass is 9.99. The van der Waals surface area contributed by atoms with E-state index in [2.05, 4.69) is 4.98 Å². The van der Waals surface area contributed by atoms with Gasteiger partial charge in [0.2, 0.25) is 0 Å². The molecule has 0 N–H and O–H groups in total. The van der Waals surface area contributed by atoms with Crippen molar-refractivity contribution < 1.29 is 13.2 Å². The minimum atomic E-state index is -4.40. The number of nitrogens with zero attached hydrogens (tertiary/aromatic N) is 2. The number of hydrogen-bond donors (Lipinski definition) is 0. The van der Waals surface area contributed by atoms with Gasteiger partial charge in [0.25, 0.3) is 0 Å². The summed E-state index contributed by atoms with van der Waals surface area (Å²) in [5, 5.41) is 2.95. The molecule has 1 heterocycles. The molecular weight excluding hydrogens is 429 g/mol. The number of hydrogen-bond acceptors (Lipinski definition) is 3. The third-order valence-corrected chi connectivity index (χ3v) is 6.12. The van der Waals surface area contributed by atoms with Crippen LogP contribution in [0.4, 0.5) is 13.2 Å². The van der Waals surface area contributed by atoms with E-state index in [1.165, 1.54) is 6.07 Å². The number of benzene rings is 4. The number of rotatable bonds is 3. The van der Waals surface area contributed by atoms with Crippen LogP contribution in [0.2, 0.25) is 0 Å². The first-order valence-electron chi connectivity index (χ1n) is 10.0. The first-order chi connectivity index (χ1) is 15.4. The van der Waals surface area contributed by atoms with Gasteiger partial charge >= 0.3 is 5.51 Å². The average molecular weight is 446 g/mol. The molecule has 0 saturated carbocycles. The molecule has 0 atom stereocenters. The van der Waals surface area contributed by atoms with Gasteiger partial charge in [0, 0.05) is 21.4 Å². The second kappa shape index (κ2) is 7.95. The van der Waals surface area contributed by atoms with Crippen molar-refractivity contribution in [2.75, 3.05) is 0 Å². The van der Waals surface area contributed by atoms with Crippen LogP contribution in [-0.2, 0) is 0 Å². The summed E-state index contributed by atoms with van der Waals surface area (Å²) in [4.78, 5) is 9.62. The SMILES string of the molecule is Cc1cccc(SC(F)(F)F)c1-c1nc(-c2cccc3ccccc23)c2ccccc2n1. The summed E-state index contributed by atoms with van der Waals surface area (Å²) in [6.45, 7) is 1.78. The van der Waals surface area contributed by atoms with E-state index < -0.39 is 5.51 Å². The van der Waals surface area contributed by atoms with E-state index in [-0.39, 0.29) is 22.5 Å². The average Bonchev–Trinajstić information content (AvgIpc) is 2.77. The smallest absolute Gasteiger partial charge is 0.228 e. The highest BCUT2D eigenvalue weighted by molar-refractivity contribution is 8.00. The van der Waals surface area contributed by atoms with Crippen molar-refractivity contribution in [3.05, 3.63) is 90.5 Å². The van der Waals surface area contributed by atoms with E-state index in [0.29, 0.717) is 22.3 Å². The first kappa shape index (κ1) is 20.5. The molecule has 5 rings (SSSR count). The lowest BCUT2D eigenvalue weighted by molar-refractivity contribution is -0.0328. The van der Waals surface area contributed by atoms with E-state index in [0.717, 1.165) is 21.7 Å². The number of thioether (sulfide) groups is 1. The summed E-state index contributed by atoms with van der Waals surface area (Å²) in [7, 11) is 0. The maximum Gasteiger partial charge on any atom is 0.446 e. The molecule has 2 nitrogen and oxygen atoms in total. The topological polar surface area (TPSA) is 25.8 Å². The molecule has 1 aromatic heterocycles. The Morgan fingerprint density at radius 3 is 2.22 bits per heavy atom. The second-order valence-electron chi connectivity index (χ2n) is 7.44. The van der Waals surface area contributed by atoms with Gasteiger partial charge in [0.1, 0.15) is 0 Å². The van der Waals surface area contributed by atoms with Crippen molar-refractivity contribution >= 4 is 33.4 Å². The fourth-order valence-corrected chi connectivity index (χ4v) is 4.71. The standard InChI is InChI=1S/C26H17F3N2S/c1-16-8-6-15-22(32-26(27,28)29)23(16)25-30-21-14-5-4-12-20(21)24(31-25)19-13-7-10-17-9-2-3-11-18(17)19/h2-15H,1H3. The summed E-state index contributed by atoms with van der Waals surface area (Å²) in [5.74, 6) is 0.288. The van der Waals surface area contributed by atoms with Crippen molar-refractivity contribution in [3.63, 3.8) is 0 Å². The highest BCUT2D eigenvalue weighted by atomic mass is 32.2. The number of para-hydroxylation sites is 1. The third-order valence-electron chi connectivity index (χ3n) is 5.33. The Bertz CT molecular complexity index is 1460. The van der Waals surface area contributed by atoms with Crippen LogP contribution >= 0.6 is 11.8 Å². The molecular formula is C26H17F3N2S. The lowest BCUT2D eigenvalue weighted by Gasteiger charge is -2.15. The largest absolute Gasteiger partial charge is 0.446 e. The summed E-state index contributed by atoms with van der Waals surface area (Å²) in [6.07, 6.45) is 0. The van der Waals surface area contributed by atoms with Crippen LogP contribution in [0.1, 0.15) is 5.56 Å². The van der Waals surface area contributed by atoms with Crippen molar-refractivity contribution in [2.24, 2.45) is 0 Å². The molecule has 0 unspecified atom stereocenters. The van der Waals surface area contributed by atoms with E-state index >= 15 is 0 Å². The quantitative estimate of drug-likeness (QED) is 0.262. The van der Waals surface area contributed by atoms with Gasteiger partial charge in [-0.05, 0) is 47.2 Å². The van der Waals surface area contributed by atoms with Gasteiger partial charge in [-0.25, -0.2) is 9.97 Å². The Hall–Kier alpha value is -3.38. The molecule has 0 aliphatic carbocycles. The zero-order valence-electron chi connectivity index (χ0n) is 17.0. The van der Waals surface area contributed by atoms with E-state index in [1.54, 1.807) is 19.1 Å². The summed E-state index contributed by atoms with van der Waals surface area (Å²) in [6, 6.07) is 26.5. The zero-order valence-corrected chi connectivity index (χ0v) is 17.8. The summed E-state index contributed by atoms with van der Waals surface area (Å²) < 4.78 is 39.8. The molecule has 0 aliphatic rings. The molecule has 0 radical (unpaired) electrons. The van der Waals surface area contributed by atoms with Crippen molar-refractivity contribution in [3.8, 4) is 22.6 Å². The Morgan fingerprint density at radius 1 is 0.719 bits per heavy atom. The van der Waals surface area contributed by atoms with Crippen LogP contribution in [0, 0.1) is 6.92 Å². The maximum atomic E-state index is 13.3. The predicted molar refractivity (Wildman–Crippen MR) is 125 cm³/mol. The van der Waals surface area contributed by atoms with Crippen LogP contribution in [0.25, 0.3) is 44.3 Å². The number of aryl methyl sites for hydroxylation is 1. The molecule has 0 spiro atoms. The number of halogens is 3. The monoisotopic (exact) mass is 446 g/mol. The van der Waals surface area contributed by atoms with Gasteiger partial charge in [-0.1, -0.05) is 72.8 Å². The normalized spacial score (nSPS) is 11.9. The molecule has 32 heavy (non-hydrogen) atoms. The number of fused-ring (bicyclic) bond motifs is 2. The molecule has 4 aromatic carbocycles. The maximum absolute atomic E-state index is 13.3.